The van der Waals surface area contributed by atoms with Crippen LogP contribution in [0.15, 0.2) is 0 Å². The first-order valence-electron chi connectivity index (χ1n) is 6.81. The zero-order valence-electron chi connectivity index (χ0n) is 11.7. The highest BCUT2D eigenvalue weighted by molar-refractivity contribution is 5.77. The molecular formula is C14H25NO3. The third-order valence-corrected chi connectivity index (χ3v) is 3.31. The number of nitrogens with zero attached hydrogens (tertiary/aromatic N) is 1. The van der Waals surface area contributed by atoms with Gasteiger partial charge in [0.25, 0.3) is 0 Å². The van der Waals surface area contributed by atoms with Crippen molar-refractivity contribution >= 4 is 11.9 Å². The van der Waals surface area contributed by atoms with E-state index in [0.717, 1.165) is 25.7 Å². The van der Waals surface area contributed by atoms with Gasteiger partial charge in [-0.2, -0.15) is 0 Å². The van der Waals surface area contributed by atoms with Gasteiger partial charge in [0.05, 0.1) is 6.42 Å². The molecule has 1 fully saturated rings. The van der Waals surface area contributed by atoms with Gasteiger partial charge in [-0.05, 0) is 24.7 Å². The van der Waals surface area contributed by atoms with Crippen LogP contribution in [0.3, 0.4) is 0 Å². The van der Waals surface area contributed by atoms with Gasteiger partial charge < -0.3 is 10.0 Å². The fourth-order valence-corrected chi connectivity index (χ4v) is 2.59. The Morgan fingerprint density at radius 3 is 2.56 bits per heavy atom. The average molecular weight is 255 g/mol. The molecule has 0 aromatic carbocycles. The maximum absolute atomic E-state index is 12.1. The first-order valence-corrected chi connectivity index (χ1v) is 6.81. The molecule has 0 aliphatic carbocycles. The molecule has 4 nitrogen and oxygen atoms in total. The van der Waals surface area contributed by atoms with E-state index in [1.54, 1.807) is 0 Å². The molecule has 1 unspecified atom stereocenters. The summed E-state index contributed by atoms with van der Waals surface area (Å²) in [5.74, 6) is -0.690. The molecule has 0 bridgehead atoms. The fraction of sp³-hybridized carbons (Fsp3) is 0.857. The van der Waals surface area contributed by atoms with Crippen LogP contribution in [-0.2, 0) is 9.59 Å². The van der Waals surface area contributed by atoms with E-state index in [9.17, 15) is 9.59 Å². The SMILES string of the molecule is CC(C)(C)CC(CC(=O)O)N1CCCCCC1=O. The first kappa shape index (κ1) is 15.0. The molecule has 1 atom stereocenters. The van der Waals surface area contributed by atoms with Crippen LogP contribution < -0.4 is 0 Å². The molecular weight excluding hydrogens is 230 g/mol. The van der Waals surface area contributed by atoms with Crippen molar-refractivity contribution in [1.29, 1.82) is 0 Å². The number of amides is 1. The number of carbonyl (C=O) groups is 2. The molecule has 18 heavy (non-hydrogen) atoms. The summed E-state index contributed by atoms with van der Waals surface area (Å²) < 4.78 is 0. The first-order chi connectivity index (χ1) is 8.29. The molecule has 0 radical (unpaired) electrons. The highest BCUT2D eigenvalue weighted by atomic mass is 16.4. The average Bonchev–Trinajstić information content (AvgIpc) is 2.38. The number of carbonyl (C=O) groups excluding carboxylic acids is 1. The fourth-order valence-electron chi connectivity index (χ4n) is 2.59. The maximum Gasteiger partial charge on any atom is 0.305 e. The lowest BCUT2D eigenvalue weighted by molar-refractivity contribution is -0.141. The summed E-state index contributed by atoms with van der Waals surface area (Å²) in [6.45, 7) is 6.98. The minimum absolute atomic E-state index is 0.0344. The number of carboxylic acid groups (broad SMARTS) is 1. The monoisotopic (exact) mass is 255 g/mol. The molecule has 1 aliphatic rings. The van der Waals surface area contributed by atoms with Crippen molar-refractivity contribution in [3.63, 3.8) is 0 Å². The lowest BCUT2D eigenvalue weighted by atomic mass is 9.86. The Kier molecular flexibility index (Phi) is 5.17. The zero-order chi connectivity index (χ0) is 13.8. The molecule has 0 saturated carbocycles. The lowest BCUT2D eigenvalue weighted by Crippen LogP contribution is -2.43. The highest BCUT2D eigenvalue weighted by Crippen LogP contribution is 2.27. The van der Waals surface area contributed by atoms with Crippen LogP contribution in [0.25, 0.3) is 0 Å². The van der Waals surface area contributed by atoms with E-state index in [0.29, 0.717) is 13.0 Å². The molecule has 1 aliphatic heterocycles. The van der Waals surface area contributed by atoms with Crippen LogP contribution in [0.2, 0.25) is 0 Å². The minimum Gasteiger partial charge on any atom is -0.481 e. The van der Waals surface area contributed by atoms with Gasteiger partial charge in [-0.3, -0.25) is 9.59 Å². The van der Waals surface area contributed by atoms with E-state index in [1.807, 2.05) is 4.90 Å². The molecule has 1 amide bonds. The van der Waals surface area contributed by atoms with E-state index >= 15 is 0 Å². The summed E-state index contributed by atoms with van der Waals surface area (Å²) >= 11 is 0. The van der Waals surface area contributed by atoms with E-state index < -0.39 is 5.97 Å². The second kappa shape index (κ2) is 6.21. The Labute approximate surface area is 109 Å². The number of hydrogen-bond acceptors (Lipinski definition) is 2. The quantitative estimate of drug-likeness (QED) is 0.840. The van der Waals surface area contributed by atoms with Gasteiger partial charge in [-0.1, -0.05) is 27.2 Å². The molecule has 1 N–H and O–H groups in total. The van der Waals surface area contributed by atoms with E-state index in [2.05, 4.69) is 20.8 Å². The van der Waals surface area contributed by atoms with Crippen molar-refractivity contribution in [2.45, 2.75) is 65.3 Å². The summed E-state index contributed by atoms with van der Waals surface area (Å²) in [7, 11) is 0. The van der Waals surface area contributed by atoms with Crippen molar-refractivity contribution in [3.05, 3.63) is 0 Å². The summed E-state index contributed by atoms with van der Waals surface area (Å²) in [5.41, 5.74) is 0.0344. The largest absolute Gasteiger partial charge is 0.481 e. The Morgan fingerprint density at radius 2 is 2.00 bits per heavy atom. The molecule has 104 valence electrons. The van der Waals surface area contributed by atoms with Crippen LogP contribution >= 0.6 is 0 Å². The molecule has 0 spiro atoms. The zero-order valence-corrected chi connectivity index (χ0v) is 11.7. The van der Waals surface area contributed by atoms with Gasteiger partial charge in [-0.25, -0.2) is 0 Å². The second-order valence-electron chi connectivity index (χ2n) is 6.41. The van der Waals surface area contributed by atoms with Gasteiger partial charge in [0, 0.05) is 19.0 Å². The summed E-state index contributed by atoms with van der Waals surface area (Å²) in [4.78, 5) is 24.9. The minimum atomic E-state index is -0.818. The van der Waals surface area contributed by atoms with E-state index in [4.69, 9.17) is 5.11 Å². The Hall–Kier alpha value is -1.06. The van der Waals surface area contributed by atoms with Gasteiger partial charge in [0.1, 0.15) is 0 Å². The maximum atomic E-state index is 12.1. The predicted molar refractivity (Wildman–Crippen MR) is 70.3 cm³/mol. The van der Waals surface area contributed by atoms with Gasteiger partial charge in [0.15, 0.2) is 0 Å². The topological polar surface area (TPSA) is 57.6 Å². The summed E-state index contributed by atoms with van der Waals surface area (Å²) in [6.07, 6.45) is 4.36. The number of carboxylic acids is 1. The number of likely N-dealkylation sites (tertiary alicyclic amines) is 1. The summed E-state index contributed by atoms with van der Waals surface area (Å²) in [6, 6.07) is -0.159. The predicted octanol–water partition coefficient (Wildman–Crippen LogP) is 2.67. The third-order valence-electron chi connectivity index (χ3n) is 3.31. The van der Waals surface area contributed by atoms with Crippen molar-refractivity contribution < 1.29 is 14.7 Å². The van der Waals surface area contributed by atoms with Gasteiger partial charge in [-0.15, -0.1) is 0 Å². The number of hydrogen-bond donors (Lipinski definition) is 1. The summed E-state index contributed by atoms with van der Waals surface area (Å²) in [5, 5.41) is 9.03. The lowest BCUT2D eigenvalue weighted by Gasteiger charge is -2.34. The Morgan fingerprint density at radius 1 is 1.33 bits per heavy atom. The van der Waals surface area contributed by atoms with Crippen LogP contribution in [0.5, 0.6) is 0 Å². The van der Waals surface area contributed by atoms with Crippen molar-refractivity contribution in [2.75, 3.05) is 6.54 Å². The van der Waals surface area contributed by atoms with Crippen LogP contribution in [0.1, 0.15) is 59.3 Å². The van der Waals surface area contributed by atoms with Gasteiger partial charge in [0.2, 0.25) is 5.91 Å². The van der Waals surface area contributed by atoms with Crippen molar-refractivity contribution in [3.8, 4) is 0 Å². The second-order valence-corrected chi connectivity index (χ2v) is 6.41. The third kappa shape index (κ3) is 5.07. The molecule has 4 heteroatoms. The van der Waals surface area contributed by atoms with E-state index in [-0.39, 0.29) is 23.8 Å². The van der Waals surface area contributed by atoms with Gasteiger partial charge >= 0.3 is 5.97 Å². The normalized spacial score (nSPS) is 19.5. The molecule has 1 heterocycles. The highest BCUT2D eigenvalue weighted by Gasteiger charge is 2.30. The van der Waals surface area contributed by atoms with Crippen LogP contribution in [0.4, 0.5) is 0 Å². The van der Waals surface area contributed by atoms with Crippen LogP contribution in [-0.4, -0.2) is 34.5 Å². The van der Waals surface area contributed by atoms with Crippen molar-refractivity contribution in [1.82, 2.24) is 4.90 Å². The van der Waals surface area contributed by atoms with E-state index in [1.165, 1.54) is 0 Å². The Bertz CT molecular complexity index is 307. The molecule has 0 aromatic heterocycles. The number of aliphatic carboxylic acids is 1. The Balaban J connectivity index is 2.78. The van der Waals surface area contributed by atoms with Crippen molar-refractivity contribution in [2.24, 2.45) is 5.41 Å². The molecule has 1 saturated heterocycles. The molecule has 1 rings (SSSR count). The molecule has 0 aromatic rings. The smallest absolute Gasteiger partial charge is 0.305 e. The number of rotatable bonds is 4. The standard InChI is InChI=1S/C14H25NO3/c1-14(2,3)10-11(9-13(17)18)15-8-6-4-5-7-12(15)16/h11H,4-10H2,1-3H3,(H,17,18). The van der Waals surface area contributed by atoms with Crippen LogP contribution in [0, 0.1) is 5.41 Å².